The molecule has 0 aromatic carbocycles. The first-order chi connectivity index (χ1) is 5.27. The average molecular weight is 156 g/mol. The van der Waals surface area contributed by atoms with Gasteiger partial charge in [0, 0.05) is 18.9 Å². The molecule has 2 aliphatic carbocycles. The van der Waals surface area contributed by atoms with Gasteiger partial charge in [-0.05, 0) is 25.7 Å². The molecule has 64 valence electrons. The summed E-state index contributed by atoms with van der Waals surface area (Å²) in [6, 6.07) is 0. The second-order valence-electron chi connectivity index (χ2n) is 3.86. The van der Waals surface area contributed by atoms with Gasteiger partial charge in [-0.1, -0.05) is 6.42 Å². The van der Waals surface area contributed by atoms with Crippen molar-refractivity contribution in [1.82, 2.24) is 0 Å². The Morgan fingerprint density at radius 3 is 2.00 bits per heavy atom. The summed E-state index contributed by atoms with van der Waals surface area (Å²) in [6.45, 7) is 0. The molecule has 2 rings (SSSR count). The van der Waals surface area contributed by atoms with Gasteiger partial charge >= 0.3 is 0 Å². The Hall–Kier alpha value is -0.0800. The molecular formula is C9H16O2. The molecule has 1 N–H and O–H groups in total. The summed E-state index contributed by atoms with van der Waals surface area (Å²) in [4.78, 5) is 0. The lowest BCUT2D eigenvalue weighted by Crippen LogP contribution is -2.45. The van der Waals surface area contributed by atoms with E-state index in [0.717, 1.165) is 25.7 Å². The van der Waals surface area contributed by atoms with Gasteiger partial charge in [0.15, 0.2) is 5.79 Å². The largest absolute Gasteiger partial charge is 0.365 e. The molecule has 11 heavy (non-hydrogen) atoms. The molecule has 0 heterocycles. The van der Waals surface area contributed by atoms with Crippen LogP contribution in [-0.2, 0) is 4.74 Å². The van der Waals surface area contributed by atoms with Gasteiger partial charge in [0.2, 0.25) is 0 Å². The van der Waals surface area contributed by atoms with Crippen molar-refractivity contribution in [2.75, 3.05) is 7.11 Å². The SMILES string of the molecule is COC(O)(C1CCC1)C1CC1. The summed E-state index contributed by atoms with van der Waals surface area (Å²) in [6.07, 6.45) is 5.88. The van der Waals surface area contributed by atoms with E-state index in [-0.39, 0.29) is 0 Å². The van der Waals surface area contributed by atoms with Gasteiger partial charge in [0.25, 0.3) is 0 Å². The van der Waals surface area contributed by atoms with Gasteiger partial charge < -0.3 is 9.84 Å². The molecule has 0 bridgehead atoms. The van der Waals surface area contributed by atoms with Crippen LogP contribution in [0, 0.1) is 11.8 Å². The highest BCUT2D eigenvalue weighted by molar-refractivity contribution is 4.95. The highest BCUT2D eigenvalue weighted by Crippen LogP contribution is 2.49. The third kappa shape index (κ3) is 1.09. The van der Waals surface area contributed by atoms with Gasteiger partial charge in [0.05, 0.1) is 0 Å². The fraction of sp³-hybridized carbons (Fsp3) is 1.00. The van der Waals surface area contributed by atoms with Crippen molar-refractivity contribution >= 4 is 0 Å². The smallest absolute Gasteiger partial charge is 0.170 e. The lowest BCUT2D eigenvalue weighted by Gasteiger charge is -2.40. The first-order valence-electron chi connectivity index (χ1n) is 4.55. The molecule has 0 aromatic heterocycles. The first kappa shape index (κ1) is 7.56. The molecule has 2 nitrogen and oxygen atoms in total. The summed E-state index contributed by atoms with van der Waals surface area (Å²) in [5.74, 6) is 0.121. The number of methoxy groups -OCH3 is 1. The maximum absolute atomic E-state index is 10.1. The van der Waals surface area contributed by atoms with E-state index in [9.17, 15) is 5.11 Å². The van der Waals surface area contributed by atoms with Crippen LogP contribution < -0.4 is 0 Å². The Kier molecular flexibility index (Phi) is 1.69. The van der Waals surface area contributed by atoms with Crippen LogP contribution in [0.3, 0.4) is 0 Å². The number of hydrogen-bond acceptors (Lipinski definition) is 2. The third-order valence-corrected chi connectivity index (χ3v) is 3.18. The monoisotopic (exact) mass is 156 g/mol. The topological polar surface area (TPSA) is 29.5 Å². The normalized spacial score (nSPS) is 31.1. The first-order valence-corrected chi connectivity index (χ1v) is 4.55. The van der Waals surface area contributed by atoms with Crippen molar-refractivity contribution in [3.05, 3.63) is 0 Å². The Labute approximate surface area is 67.6 Å². The summed E-state index contributed by atoms with van der Waals surface area (Å²) >= 11 is 0. The van der Waals surface area contributed by atoms with Gasteiger partial charge in [0.1, 0.15) is 0 Å². The van der Waals surface area contributed by atoms with Gasteiger partial charge in [-0.2, -0.15) is 0 Å². The highest BCUT2D eigenvalue weighted by Gasteiger charge is 2.51. The Morgan fingerprint density at radius 1 is 1.18 bits per heavy atom. The lowest BCUT2D eigenvalue weighted by molar-refractivity contribution is -0.249. The van der Waals surface area contributed by atoms with Crippen LogP contribution in [0.15, 0.2) is 0 Å². The summed E-state index contributed by atoms with van der Waals surface area (Å²) in [5, 5.41) is 10.1. The Balaban J connectivity index is 2.01. The standard InChI is InChI=1S/C9H16O2/c1-11-9(10,8-5-6-8)7-3-2-4-7/h7-8,10H,2-6H2,1H3. The molecule has 2 heteroatoms. The summed E-state index contributed by atoms with van der Waals surface area (Å²) in [5.41, 5.74) is 0. The van der Waals surface area contributed by atoms with Crippen molar-refractivity contribution in [3.63, 3.8) is 0 Å². The van der Waals surface area contributed by atoms with E-state index in [4.69, 9.17) is 4.74 Å². The van der Waals surface area contributed by atoms with Crippen molar-refractivity contribution in [2.45, 2.75) is 37.9 Å². The number of rotatable bonds is 3. The molecule has 0 aromatic rings. The van der Waals surface area contributed by atoms with Gasteiger partial charge in [-0.3, -0.25) is 0 Å². The van der Waals surface area contributed by atoms with Crippen LogP contribution in [0.5, 0.6) is 0 Å². The number of aliphatic hydroxyl groups is 1. The van der Waals surface area contributed by atoms with E-state index >= 15 is 0 Å². The van der Waals surface area contributed by atoms with Crippen molar-refractivity contribution in [2.24, 2.45) is 11.8 Å². The highest BCUT2D eigenvalue weighted by atomic mass is 16.6. The van der Waals surface area contributed by atoms with Gasteiger partial charge in [-0.15, -0.1) is 0 Å². The maximum atomic E-state index is 10.1. The molecule has 1 atom stereocenters. The van der Waals surface area contributed by atoms with E-state index in [1.807, 2.05) is 0 Å². The summed E-state index contributed by atoms with van der Waals surface area (Å²) < 4.78 is 5.22. The number of ether oxygens (including phenoxy) is 1. The van der Waals surface area contributed by atoms with Crippen LogP contribution in [-0.4, -0.2) is 18.0 Å². The molecule has 2 saturated carbocycles. The van der Waals surface area contributed by atoms with Crippen LogP contribution in [0.4, 0.5) is 0 Å². The molecule has 0 radical (unpaired) electrons. The van der Waals surface area contributed by atoms with E-state index in [2.05, 4.69) is 0 Å². The quantitative estimate of drug-likeness (QED) is 0.628. The van der Waals surface area contributed by atoms with Crippen molar-refractivity contribution < 1.29 is 9.84 Å². The average Bonchev–Trinajstić information content (AvgIpc) is 2.63. The molecule has 2 aliphatic rings. The second-order valence-corrected chi connectivity index (χ2v) is 3.86. The predicted octanol–water partition coefficient (Wildman–Crippen LogP) is 1.53. The molecule has 1 unspecified atom stereocenters. The predicted molar refractivity (Wildman–Crippen MR) is 42.0 cm³/mol. The van der Waals surface area contributed by atoms with E-state index < -0.39 is 5.79 Å². The fourth-order valence-corrected chi connectivity index (χ4v) is 1.99. The molecular weight excluding hydrogens is 140 g/mol. The Morgan fingerprint density at radius 2 is 1.73 bits per heavy atom. The zero-order chi connectivity index (χ0) is 7.90. The van der Waals surface area contributed by atoms with Crippen molar-refractivity contribution in [1.29, 1.82) is 0 Å². The van der Waals surface area contributed by atoms with Crippen LogP contribution >= 0.6 is 0 Å². The van der Waals surface area contributed by atoms with Crippen molar-refractivity contribution in [3.8, 4) is 0 Å². The maximum Gasteiger partial charge on any atom is 0.170 e. The van der Waals surface area contributed by atoms with E-state index in [0.29, 0.717) is 11.8 Å². The molecule has 0 saturated heterocycles. The second kappa shape index (κ2) is 2.46. The molecule has 0 spiro atoms. The van der Waals surface area contributed by atoms with E-state index in [1.165, 1.54) is 6.42 Å². The molecule has 0 amide bonds. The van der Waals surface area contributed by atoms with Crippen LogP contribution in [0.1, 0.15) is 32.1 Å². The zero-order valence-electron chi connectivity index (χ0n) is 7.05. The zero-order valence-corrected chi connectivity index (χ0v) is 7.05. The van der Waals surface area contributed by atoms with Crippen LogP contribution in [0.25, 0.3) is 0 Å². The Bertz CT molecular complexity index is 150. The fourth-order valence-electron chi connectivity index (χ4n) is 1.99. The lowest BCUT2D eigenvalue weighted by atomic mass is 9.77. The third-order valence-electron chi connectivity index (χ3n) is 3.18. The number of hydrogen-bond donors (Lipinski definition) is 1. The van der Waals surface area contributed by atoms with Gasteiger partial charge in [-0.25, -0.2) is 0 Å². The van der Waals surface area contributed by atoms with E-state index in [1.54, 1.807) is 7.11 Å². The van der Waals surface area contributed by atoms with Crippen LogP contribution in [0.2, 0.25) is 0 Å². The minimum Gasteiger partial charge on any atom is -0.365 e. The molecule has 2 fully saturated rings. The minimum atomic E-state index is -0.752. The minimum absolute atomic E-state index is 0.431. The molecule has 0 aliphatic heterocycles. The summed E-state index contributed by atoms with van der Waals surface area (Å²) in [7, 11) is 1.64.